The molecule has 16 heavy (non-hydrogen) atoms. The van der Waals surface area contributed by atoms with Gasteiger partial charge in [-0.25, -0.2) is 0 Å². The average molecular weight is 247 g/mol. The Morgan fingerprint density at radius 2 is 1.69 bits per heavy atom. The lowest BCUT2D eigenvalue weighted by Gasteiger charge is -2.19. The second kappa shape index (κ2) is 10.2. The fourth-order valence-corrected chi connectivity index (χ4v) is 2.47. The van der Waals surface area contributed by atoms with Crippen molar-refractivity contribution in [3.05, 3.63) is 0 Å². The standard InChI is InChI=1S/C11H29N3OSi/c1-11(2,3)15-16-10-4-6-13-8-9-14-7-5-12/h13-14H,4-10,12,16H2,1-3H3. The van der Waals surface area contributed by atoms with Crippen molar-refractivity contribution < 1.29 is 4.43 Å². The summed E-state index contributed by atoms with van der Waals surface area (Å²) >= 11 is 0. The molecule has 0 atom stereocenters. The van der Waals surface area contributed by atoms with Crippen LogP contribution in [0.2, 0.25) is 6.04 Å². The van der Waals surface area contributed by atoms with Gasteiger partial charge in [-0.05, 0) is 39.8 Å². The predicted molar refractivity (Wildman–Crippen MR) is 73.6 cm³/mol. The quantitative estimate of drug-likeness (QED) is 0.371. The summed E-state index contributed by atoms with van der Waals surface area (Å²) in [5.41, 5.74) is 5.43. The van der Waals surface area contributed by atoms with Crippen molar-refractivity contribution in [2.24, 2.45) is 5.73 Å². The Labute approximate surface area is 103 Å². The van der Waals surface area contributed by atoms with Gasteiger partial charge in [-0.1, -0.05) is 0 Å². The molecule has 5 heteroatoms. The Bertz CT molecular complexity index is 151. The number of nitrogens with two attached hydrogens (primary N) is 1. The van der Waals surface area contributed by atoms with E-state index in [1.54, 1.807) is 0 Å². The summed E-state index contributed by atoms with van der Waals surface area (Å²) in [6, 6.07) is 1.26. The molecule has 0 fully saturated rings. The monoisotopic (exact) mass is 247 g/mol. The summed E-state index contributed by atoms with van der Waals surface area (Å²) in [7, 11) is -0.313. The lowest BCUT2D eigenvalue weighted by atomic mass is 10.2. The Balaban J connectivity index is 2.99. The first-order valence-corrected chi connectivity index (χ1v) is 7.89. The second-order valence-electron chi connectivity index (χ2n) is 4.96. The van der Waals surface area contributed by atoms with Gasteiger partial charge >= 0.3 is 0 Å². The zero-order chi connectivity index (χ0) is 12.3. The molecule has 0 aromatic carbocycles. The van der Waals surface area contributed by atoms with Crippen molar-refractivity contribution >= 4 is 9.76 Å². The van der Waals surface area contributed by atoms with E-state index in [1.807, 2.05) is 0 Å². The Hall–Kier alpha value is 0.0569. The minimum atomic E-state index is -0.313. The molecule has 0 bridgehead atoms. The van der Waals surface area contributed by atoms with Crippen molar-refractivity contribution in [3.63, 3.8) is 0 Å². The van der Waals surface area contributed by atoms with E-state index < -0.39 is 0 Å². The van der Waals surface area contributed by atoms with Crippen molar-refractivity contribution in [2.45, 2.75) is 38.8 Å². The molecule has 0 aromatic rings. The molecular formula is C11H29N3OSi. The maximum Gasteiger partial charge on any atom is 0.162 e. The van der Waals surface area contributed by atoms with Gasteiger partial charge in [-0.2, -0.15) is 0 Å². The van der Waals surface area contributed by atoms with E-state index in [4.69, 9.17) is 10.2 Å². The molecule has 0 saturated carbocycles. The lowest BCUT2D eigenvalue weighted by molar-refractivity contribution is 0.138. The van der Waals surface area contributed by atoms with Crippen molar-refractivity contribution in [2.75, 3.05) is 32.7 Å². The van der Waals surface area contributed by atoms with Crippen molar-refractivity contribution in [1.82, 2.24) is 10.6 Å². The van der Waals surface area contributed by atoms with Crippen LogP contribution in [-0.2, 0) is 4.43 Å². The molecule has 98 valence electrons. The largest absolute Gasteiger partial charge is 0.419 e. The van der Waals surface area contributed by atoms with E-state index in [2.05, 4.69) is 31.4 Å². The molecule has 4 nitrogen and oxygen atoms in total. The molecule has 0 unspecified atom stereocenters. The Morgan fingerprint density at radius 1 is 1.06 bits per heavy atom. The third kappa shape index (κ3) is 14.1. The van der Waals surface area contributed by atoms with Gasteiger partial charge in [0.05, 0.1) is 0 Å². The SMILES string of the molecule is CC(C)(C)O[SiH2]CCCNCCNCCN. The van der Waals surface area contributed by atoms with Crippen molar-refractivity contribution in [1.29, 1.82) is 0 Å². The van der Waals surface area contributed by atoms with Gasteiger partial charge < -0.3 is 20.8 Å². The third-order valence-electron chi connectivity index (χ3n) is 2.08. The maximum atomic E-state index is 5.77. The van der Waals surface area contributed by atoms with E-state index in [-0.39, 0.29) is 15.4 Å². The number of nitrogens with one attached hydrogen (secondary N) is 2. The first kappa shape index (κ1) is 16.1. The minimum absolute atomic E-state index is 0.0613. The van der Waals surface area contributed by atoms with Gasteiger partial charge in [-0.3, -0.25) is 0 Å². The van der Waals surface area contributed by atoms with Gasteiger partial charge in [0, 0.05) is 31.8 Å². The zero-order valence-electron chi connectivity index (χ0n) is 11.1. The second-order valence-corrected chi connectivity index (χ2v) is 6.36. The summed E-state index contributed by atoms with van der Waals surface area (Å²) in [5.74, 6) is 0. The van der Waals surface area contributed by atoms with Gasteiger partial charge in [0.2, 0.25) is 0 Å². The van der Waals surface area contributed by atoms with Crippen LogP contribution in [0.15, 0.2) is 0 Å². The topological polar surface area (TPSA) is 59.3 Å². The van der Waals surface area contributed by atoms with E-state index in [0.29, 0.717) is 0 Å². The van der Waals surface area contributed by atoms with E-state index in [0.717, 1.165) is 32.7 Å². The molecule has 0 aliphatic rings. The summed E-state index contributed by atoms with van der Waals surface area (Å²) in [4.78, 5) is 0. The third-order valence-corrected chi connectivity index (χ3v) is 3.94. The first-order valence-electron chi connectivity index (χ1n) is 6.32. The molecule has 0 aliphatic heterocycles. The molecule has 0 saturated heterocycles. The fourth-order valence-electron chi connectivity index (χ4n) is 1.26. The van der Waals surface area contributed by atoms with Crippen LogP contribution >= 0.6 is 0 Å². The number of hydrogen-bond acceptors (Lipinski definition) is 4. The van der Waals surface area contributed by atoms with E-state index in [9.17, 15) is 0 Å². The highest BCUT2D eigenvalue weighted by Gasteiger charge is 2.08. The average Bonchev–Trinajstić information content (AvgIpc) is 2.19. The van der Waals surface area contributed by atoms with Gasteiger partial charge in [0.15, 0.2) is 9.76 Å². The lowest BCUT2D eigenvalue weighted by Crippen LogP contribution is -2.31. The van der Waals surface area contributed by atoms with E-state index in [1.165, 1.54) is 12.5 Å². The van der Waals surface area contributed by atoms with Gasteiger partial charge in [0.1, 0.15) is 0 Å². The Kier molecular flexibility index (Phi) is 10.3. The van der Waals surface area contributed by atoms with Gasteiger partial charge in [-0.15, -0.1) is 0 Å². The van der Waals surface area contributed by atoms with Crippen LogP contribution in [0.1, 0.15) is 27.2 Å². The molecule has 4 N–H and O–H groups in total. The van der Waals surface area contributed by atoms with E-state index >= 15 is 0 Å². The minimum Gasteiger partial charge on any atom is -0.419 e. The smallest absolute Gasteiger partial charge is 0.162 e. The summed E-state index contributed by atoms with van der Waals surface area (Å²) in [6.45, 7) is 11.1. The van der Waals surface area contributed by atoms with Crippen LogP contribution in [0, 0.1) is 0 Å². The molecule has 0 aromatic heterocycles. The van der Waals surface area contributed by atoms with Crippen LogP contribution in [0.3, 0.4) is 0 Å². The molecule has 0 radical (unpaired) electrons. The van der Waals surface area contributed by atoms with Gasteiger partial charge in [0.25, 0.3) is 0 Å². The van der Waals surface area contributed by atoms with Crippen LogP contribution in [0.5, 0.6) is 0 Å². The molecule has 0 spiro atoms. The van der Waals surface area contributed by atoms with Crippen LogP contribution in [0.4, 0.5) is 0 Å². The summed E-state index contributed by atoms with van der Waals surface area (Å²) in [5, 5.41) is 6.66. The van der Waals surface area contributed by atoms with Crippen LogP contribution < -0.4 is 16.4 Å². The molecule has 0 amide bonds. The zero-order valence-corrected chi connectivity index (χ0v) is 12.6. The summed E-state index contributed by atoms with van der Waals surface area (Å²) in [6.07, 6.45) is 1.24. The molecule has 0 heterocycles. The molecular weight excluding hydrogens is 218 g/mol. The van der Waals surface area contributed by atoms with Crippen molar-refractivity contribution in [3.8, 4) is 0 Å². The normalized spacial score (nSPS) is 12.8. The highest BCUT2D eigenvalue weighted by atomic mass is 28.2. The summed E-state index contributed by atoms with van der Waals surface area (Å²) < 4.78 is 5.77. The van der Waals surface area contributed by atoms with Crippen LogP contribution in [-0.4, -0.2) is 48.1 Å². The maximum absolute atomic E-state index is 5.77. The number of rotatable bonds is 10. The van der Waals surface area contributed by atoms with Crippen LogP contribution in [0.25, 0.3) is 0 Å². The predicted octanol–water partition coefficient (Wildman–Crippen LogP) is -0.168. The molecule has 0 rings (SSSR count). The first-order chi connectivity index (χ1) is 7.56. The fraction of sp³-hybridized carbons (Fsp3) is 1.00. The number of hydrogen-bond donors (Lipinski definition) is 3. The Morgan fingerprint density at radius 3 is 2.25 bits per heavy atom. The molecule has 0 aliphatic carbocycles. The highest BCUT2D eigenvalue weighted by molar-refractivity contribution is 6.27. The highest BCUT2D eigenvalue weighted by Crippen LogP contribution is 2.06.